The van der Waals surface area contributed by atoms with E-state index in [1.54, 1.807) is 31.2 Å². The molecule has 4 rings (SSSR count). The van der Waals surface area contributed by atoms with Crippen molar-refractivity contribution in [1.82, 2.24) is 9.21 Å². The number of anilines is 1. The molecule has 1 heterocycles. The van der Waals surface area contributed by atoms with Gasteiger partial charge in [-0.3, -0.25) is 9.52 Å². The van der Waals surface area contributed by atoms with Gasteiger partial charge < -0.3 is 19.5 Å². The lowest BCUT2D eigenvalue weighted by molar-refractivity contribution is 0.0387. The summed E-state index contributed by atoms with van der Waals surface area (Å²) < 4.78 is 67.9. The number of benzene rings is 3. The summed E-state index contributed by atoms with van der Waals surface area (Å²) in [5.74, 6) is -0.102. The molecule has 11 nitrogen and oxygen atoms in total. The van der Waals surface area contributed by atoms with E-state index in [1.165, 1.54) is 65.8 Å². The highest BCUT2D eigenvalue weighted by Gasteiger charge is 2.35. The van der Waals surface area contributed by atoms with E-state index in [2.05, 4.69) is 4.72 Å². The largest absolute Gasteiger partial charge is 0.497 e. The van der Waals surface area contributed by atoms with Crippen LogP contribution in [0.1, 0.15) is 29.8 Å². The van der Waals surface area contributed by atoms with Gasteiger partial charge in [0.2, 0.25) is 10.0 Å². The van der Waals surface area contributed by atoms with Crippen LogP contribution in [-0.2, 0) is 20.0 Å². The van der Waals surface area contributed by atoms with Gasteiger partial charge in [-0.25, -0.2) is 16.8 Å². The molecule has 1 amide bonds. The lowest BCUT2D eigenvalue weighted by atomic mass is 9.99. The van der Waals surface area contributed by atoms with Crippen LogP contribution in [0.2, 0.25) is 0 Å². The lowest BCUT2D eigenvalue weighted by Gasteiger charge is -2.38. The Bertz CT molecular complexity index is 1660. The fraction of sp³-hybridized carbons (Fsp3) is 0.367. The first-order chi connectivity index (χ1) is 20.3. The van der Waals surface area contributed by atoms with Crippen molar-refractivity contribution in [2.24, 2.45) is 5.92 Å². The quantitative estimate of drug-likeness (QED) is 0.347. The Morgan fingerprint density at radius 3 is 2.28 bits per heavy atom. The monoisotopic (exact) mass is 631 g/mol. The maximum Gasteiger partial charge on any atom is 0.261 e. The van der Waals surface area contributed by atoms with E-state index in [1.807, 2.05) is 13.8 Å². The number of methoxy groups -OCH3 is 1. The number of sulfonamides is 2. The summed E-state index contributed by atoms with van der Waals surface area (Å²) in [6.45, 7) is 5.28. The number of aliphatic hydroxyl groups is 1. The van der Waals surface area contributed by atoms with E-state index < -0.39 is 38.1 Å². The topological polar surface area (TPSA) is 143 Å². The molecule has 2 N–H and O–H groups in total. The van der Waals surface area contributed by atoms with E-state index in [9.17, 15) is 26.7 Å². The number of likely N-dealkylation sites (N-methyl/N-ethyl adjacent to an activating group) is 1. The van der Waals surface area contributed by atoms with Gasteiger partial charge in [0.1, 0.15) is 17.6 Å². The number of rotatable bonds is 10. The summed E-state index contributed by atoms with van der Waals surface area (Å²) in [5, 5.41) is 9.92. The molecule has 3 atom stereocenters. The first-order valence-corrected chi connectivity index (χ1v) is 16.6. The maximum atomic E-state index is 13.7. The Morgan fingerprint density at radius 1 is 1.05 bits per heavy atom. The highest BCUT2D eigenvalue weighted by atomic mass is 32.2. The number of aliphatic hydroxyl groups excluding tert-OH is 1. The van der Waals surface area contributed by atoms with Crippen molar-refractivity contribution in [3.63, 3.8) is 0 Å². The van der Waals surface area contributed by atoms with E-state index >= 15 is 0 Å². The highest BCUT2D eigenvalue weighted by molar-refractivity contribution is 7.92. The zero-order chi connectivity index (χ0) is 31.5. The smallest absolute Gasteiger partial charge is 0.261 e. The number of nitrogens with one attached hydrogen (secondary N) is 1. The molecule has 0 aromatic heterocycles. The molecule has 0 unspecified atom stereocenters. The number of nitrogens with zero attached hydrogens (tertiary/aromatic N) is 2. The minimum absolute atomic E-state index is 0.00450. The average Bonchev–Trinajstić information content (AvgIpc) is 2.98. The van der Waals surface area contributed by atoms with Gasteiger partial charge in [0.15, 0.2) is 0 Å². The number of carbonyl (C=O) groups excluding carboxylic acids is 1. The predicted molar refractivity (Wildman–Crippen MR) is 162 cm³/mol. The van der Waals surface area contributed by atoms with Crippen molar-refractivity contribution in [2.45, 2.75) is 42.7 Å². The van der Waals surface area contributed by atoms with Crippen molar-refractivity contribution in [1.29, 1.82) is 0 Å². The van der Waals surface area contributed by atoms with Gasteiger partial charge in [-0.2, -0.15) is 4.31 Å². The fourth-order valence-corrected chi connectivity index (χ4v) is 6.95. The summed E-state index contributed by atoms with van der Waals surface area (Å²) in [4.78, 5) is 15.4. The molecule has 0 radical (unpaired) electrons. The van der Waals surface area contributed by atoms with E-state index in [0.29, 0.717) is 5.75 Å². The van der Waals surface area contributed by atoms with Gasteiger partial charge >= 0.3 is 0 Å². The third-order valence-electron chi connectivity index (χ3n) is 7.45. The summed E-state index contributed by atoms with van der Waals surface area (Å²) in [7, 11) is -4.88. The first-order valence-electron chi connectivity index (χ1n) is 13.7. The summed E-state index contributed by atoms with van der Waals surface area (Å²) in [5.41, 5.74) is 1.15. The number of hydrogen-bond acceptors (Lipinski definition) is 8. The van der Waals surface area contributed by atoms with E-state index in [-0.39, 0.29) is 52.4 Å². The van der Waals surface area contributed by atoms with Crippen LogP contribution < -0.4 is 14.2 Å². The van der Waals surface area contributed by atoms with Gasteiger partial charge in [-0.15, -0.1) is 0 Å². The van der Waals surface area contributed by atoms with E-state index in [4.69, 9.17) is 9.47 Å². The second-order valence-corrected chi connectivity index (χ2v) is 14.4. The van der Waals surface area contributed by atoms with Crippen LogP contribution in [0.25, 0.3) is 0 Å². The number of fused-ring (bicyclic) bond motifs is 1. The predicted octanol–water partition coefficient (Wildman–Crippen LogP) is 3.35. The van der Waals surface area contributed by atoms with Crippen LogP contribution in [0.3, 0.4) is 0 Å². The standard InChI is InChI=1S/C30H37N3O8S2/c1-20-6-11-26(12-7-20)43(38,39)32(4)18-29-21(2)17-33(22(3)19-34)30(35)27-16-23(8-15-28(27)41-29)31-42(36,37)25-13-9-24(40-5)10-14-25/h6-16,21-22,29,31,34H,17-19H2,1-5H3/t21-,22+,29-/m0/s1. The molecule has 1 aliphatic rings. The molecule has 0 fully saturated rings. The molecule has 3 aromatic rings. The molecule has 0 saturated carbocycles. The molecule has 43 heavy (non-hydrogen) atoms. The van der Waals surface area contributed by atoms with Crippen molar-refractivity contribution >= 4 is 31.6 Å². The molecule has 0 bridgehead atoms. The average molecular weight is 632 g/mol. The number of ether oxygens (including phenoxy) is 2. The molecule has 1 aliphatic heterocycles. The molecule has 232 valence electrons. The highest BCUT2D eigenvalue weighted by Crippen LogP contribution is 2.32. The number of hydrogen-bond donors (Lipinski definition) is 2. The van der Waals surface area contributed by atoms with Crippen molar-refractivity contribution in [3.8, 4) is 11.5 Å². The molecule has 0 spiro atoms. The zero-order valence-electron chi connectivity index (χ0n) is 24.7. The number of aryl methyl sites for hydroxylation is 1. The Morgan fingerprint density at radius 2 is 1.67 bits per heavy atom. The van der Waals surface area contributed by atoms with Crippen molar-refractivity contribution < 1.29 is 36.2 Å². The van der Waals surface area contributed by atoms with Crippen molar-refractivity contribution in [2.75, 3.05) is 38.6 Å². The van der Waals surface area contributed by atoms with Crippen LogP contribution in [0.5, 0.6) is 11.5 Å². The third kappa shape index (κ3) is 7.12. The third-order valence-corrected chi connectivity index (χ3v) is 10.7. The molecular weight excluding hydrogens is 594 g/mol. The zero-order valence-corrected chi connectivity index (χ0v) is 26.4. The minimum Gasteiger partial charge on any atom is -0.497 e. The van der Waals surface area contributed by atoms with Gasteiger partial charge in [-0.05, 0) is 68.4 Å². The van der Waals surface area contributed by atoms with Gasteiger partial charge in [0, 0.05) is 25.2 Å². The molecule has 3 aromatic carbocycles. The molecule has 0 saturated heterocycles. The van der Waals surface area contributed by atoms with Gasteiger partial charge in [0.25, 0.3) is 15.9 Å². The maximum absolute atomic E-state index is 13.7. The van der Waals surface area contributed by atoms with Gasteiger partial charge in [-0.1, -0.05) is 24.6 Å². The van der Waals surface area contributed by atoms with Crippen molar-refractivity contribution in [3.05, 3.63) is 77.9 Å². The van der Waals surface area contributed by atoms with Crippen LogP contribution in [0, 0.1) is 12.8 Å². The minimum atomic E-state index is -4.00. The molecular formula is C30H37N3O8S2. The van der Waals surface area contributed by atoms with Gasteiger partial charge in [0.05, 0.1) is 41.7 Å². The molecule has 0 aliphatic carbocycles. The van der Waals surface area contributed by atoms with Crippen LogP contribution in [-0.4, -0.2) is 83.1 Å². The molecule has 13 heteroatoms. The normalized spacial score (nSPS) is 18.3. The lowest BCUT2D eigenvalue weighted by Crippen LogP contribution is -2.50. The Hall–Kier alpha value is -3.65. The second kappa shape index (κ2) is 12.9. The first kappa shape index (κ1) is 32.3. The number of amides is 1. The van der Waals surface area contributed by atoms with Crippen LogP contribution in [0.15, 0.2) is 76.5 Å². The Labute approximate surface area is 253 Å². The Kier molecular flexibility index (Phi) is 9.70. The summed E-state index contributed by atoms with van der Waals surface area (Å²) in [6, 6.07) is 16.2. The summed E-state index contributed by atoms with van der Waals surface area (Å²) >= 11 is 0. The Balaban J connectivity index is 1.67. The fourth-order valence-electron chi connectivity index (χ4n) is 4.71. The number of carbonyl (C=O) groups is 1. The summed E-state index contributed by atoms with van der Waals surface area (Å²) in [6.07, 6.45) is -0.674. The second-order valence-electron chi connectivity index (χ2n) is 10.7. The van der Waals surface area contributed by atoms with Crippen LogP contribution in [0.4, 0.5) is 5.69 Å². The van der Waals surface area contributed by atoms with Crippen LogP contribution >= 0.6 is 0 Å². The SMILES string of the molecule is COc1ccc(S(=O)(=O)Nc2ccc3c(c2)C(=O)N([C@H](C)CO)C[C@H](C)[C@H](CN(C)S(=O)(=O)c2ccc(C)cc2)O3)cc1. The van der Waals surface area contributed by atoms with E-state index in [0.717, 1.165) is 5.56 Å².